The quantitative estimate of drug-likeness (QED) is 0.446. The Balaban J connectivity index is 1.29. The van der Waals surface area contributed by atoms with Crippen LogP contribution in [0.3, 0.4) is 0 Å². The van der Waals surface area contributed by atoms with Crippen molar-refractivity contribution in [3.63, 3.8) is 0 Å². The molecule has 0 N–H and O–H groups in total. The largest absolute Gasteiger partial charge is 0.308 e. The lowest BCUT2D eigenvalue weighted by Crippen LogP contribution is -2.35. The molecule has 0 saturated carbocycles. The number of carbonyl (C=O) groups excluding carboxylic acids is 2. The Bertz CT molecular complexity index is 1460. The zero-order valence-corrected chi connectivity index (χ0v) is 19.5. The number of rotatable bonds is 3. The van der Waals surface area contributed by atoms with Crippen LogP contribution in [-0.4, -0.2) is 44.0 Å². The number of sulfonamides is 1. The first-order chi connectivity index (χ1) is 16.4. The Morgan fingerprint density at radius 1 is 0.765 bits per heavy atom. The van der Waals surface area contributed by atoms with E-state index in [4.69, 9.17) is 0 Å². The van der Waals surface area contributed by atoms with Crippen LogP contribution in [0.15, 0.2) is 65.6 Å². The molecule has 0 unspecified atom stereocenters. The lowest BCUT2D eigenvalue weighted by atomic mass is 10.0. The number of hydrogen-bond donors (Lipinski definition) is 0. The number of ketones is 1. The van der Waals surface area contributed by atoms with Crippen molar-refractivity contribution in [1.82, 2.24) is 4.31 Å². The van der Waals surface area contributed by atoms with Gasteiger partial charge in [0.05, 0.1) is 4.90 Å². The Morgan fingerprint density at radius 3 is 2.29 bits per heavy atom. The molecule has 3 aliphatic rings. The summed E-state index contributed by atoms with van der Waals surface area (Å²) in [7, 11) is -3.52. The first kappa shape index (κ1) is 21.3. The fraction of sp³-hybridized carbons (Fsp3) is 0.259. The van der Waals surface area contributed by atoms with E-state index >= 15 is 0 Å². The third kappa shape index (κ3) is 3.22. The predicted octanol–water partition coefficient (Wildman–Crippen LogP) is 4.28. The van der Waals surface area contributed by atoms with Gasteiger partial charge in [-0.2, -0.15) is 4.31 Å². The predicted molar refractivity (Wildman–Crippen MR) is 130 cm³/mol. The molecule has 6 rings (SSSR count). The maximum atomic E-state index is 13.4. The summed E-state index contributed by atoms with van der Waals surface area (Å²) in [5, 5.41) is 0. The van der Waals surface area contributed by atoms with Gasteiger partial charge in [-0.05, 0) is 66.3 Å². The molecule has 2 aliphatic heterocycles. The first-order valence-corrected chi connectivity index (χ1v) is 13.1. The Morgan fingerprint density at radius 2 is 1.50 bits per heavy atom. The summed E-state index contributed by atoms with van der Waals surface area (Å²) in [5.74, 6) is -0.244. The van der Waals surface area contributed by atoms with Crippen LogP contribution in [0.4, 0.5) is 5.69 Å². The maximum Gasteiger partial charge on any atom is 0.258 e. The minimum Gasteiger partial charge on any atom is -0.308 e. The van der Waals surface area contributed by atoms with Crippen LogP contribution in [0.5, 0.6) is 0 Å². The topological polar surface area (TPSA) is 74.8 Å². The summed E-state index contributed by atoms with van der Waals surface area (Å²) in [6.07, 6.45) is 3.44. The molecule has 0 bridgehead atoms. The second-order valence-electron chi connectivity index (χ2n) is 9.10. The Hall–Kier alpha value is -3.29. The van der Waals surface area contributed by atoms with E-state index in [1.165, 1.54) is 0 Å². The molecular formula is C27H24N2O4S. The summed E-state index contributed by atoms with van der Waals surface area (Å²) < 4.78 is 27.7. The highest BCUT2D eigenvalue weighted by Crippen LogP contribution is 2.38. The van der Waals surface area contributed by atoms with E-state index in [1.54, 1.807) is 39.5 Å². The van der Waals surface area contributed by atoms with Gasteiger partial charge in [0.15, 0.2) is 5.78 Å². The van der Waals surface area contributed by atoms with Gasteiger partial charge in [-0.25, -0.2) is 8.42 Å². The fourth-order valence-corrected chi connectivity index (χ4v) is 6.89. The van der Waals surface area contributed by atoms with Crippen LogP contribution in [0.25, 0.3) is 11.1 Å². The standard InChI is InChI=1S/C27H24N2O4S/c30-26-23-7-3-2-6-21(23)22-10-8-19(17-24(22)26)27(31)29-15-12-18-16-20(9-11-25(18)29)34(32,33)28-13-4-1-5-14-28/h2-3,6-11,16-17H,1,4-5,12-15H2. The van der Waals surface area contributed by atoms with E-state index in [0.717, 1.165) is 41.6 Å². The molecule has 6 nitrogen and oxygen atoms in total. The molecular weight excluding hydrogens is 448 g/mol. The molecule has 1 aliphatic carbocycles. The van der Waals surface area contributed by atoms with Gasteiger partial charge in [-0.1, -0.05) is 36.8 Å². The summed E-state index contributed by atoms with van der Waals surface area (Å²) in [6, 6.07) is 17.8. The second kappa shape index (κ2) is 7.89. The molecule has 172 valence electrons. The maximum absolute atomic E-state index is 13.4. The monoisotopic (exact) mass is 472 g/mol. The molecule has 0 spiro atoms. The number of carbonyl (C=O) groups is 2. The highest BCUT2D eigenvalue weighted by Gasteiger charge is 2.32. The number of hydrogen-bond acceptors (Lipinski definition) is 4. The van der Waals surface area contributed by atoms with Crippen molar-refractivity contribution in [2.75, 3.05) is 24.5 Å². The van der Waals surface area contributed by atoms with Crippen LogP contribution < -0.4 is 4.90 Å². The lowest BCUT2D eigenvalue weighted by Gasteiger charge is -2.26. The Kier molecular flexibility index (Phi) is 4.93. The first-order valence-electron chi connectivity index (χ1n) is 11.7. The van der Waals surface area contributed by atoms with Crippen molar-refractivity contribution in [2.24, 2.45) is 0 Å². The number of anilines is 1. The second-order valence-corrected chi connectivity index (χ2v) is 11.0. The molecule has 0 radical (unpaired) electrons. The summed E-state index contributed by atoms with van der Waals surface area (Å²) >= 11 is 0. The van der Waals surface area contributed by atoms with Crippen molar-refractivity contribution in [2.45, 2.75) is 30.6 Å². The molecule has 0 atom stereocenters. The van der Waals surface area contributed by atoms with Gasteiger partial charge in [0, 0.05) is 42.0 Å². The number of fused-ring (bicyclic) bond motifs is 4. The van der Waals surface area contributed by atoms with Gasteiger partial charge in [0.2, 0.25) is 10.0 Å². The zero-order valence-electron chi connectivity index (χ0n) is 18.7. The van der Waals surface area contributed by atoms with Gasteiger partial charge < -0.3 is 4.90 Å². The number of benzene rings is 3. The molecule has 1 fully saturated rings. The van der Waals surface area contributed by atoms with E-state index in [2.05, 4.69) is 0 Å². The SMILES string of the molecule is O=C1c2ccccc2-c2ccc(C(=O)N3CCc4cc(S(=O)(=O)N5CCCCC5)ccc43)cc21. The van der Waals surface area contributed by atoms with Crippen LogP contribution in [0, 0.1) is 0 Å². The van der Waals surface area contributed by atoms with E-state index in [0.29, 0.717) is 47.6 Å². The van der Waals surface area contributed by atoms with Crippen LogP contribution in [-0.2, 0) is 16.4 Å². The van der Waals surface area contributed by atoms with Crippen molar-refractivity contribution in [1.29, 1.82) is 0 Å². The highest BCUT2D eigenvalue weighted by atomic mass is 32.2. The van der Waals surface area contributed by atoms with Crippen LogP contribution >= 0.6 is 0 Å². The molecule has 34 heavy (non-hydrogen) atoms. The van der Waals surface area contributed by atoms with E-state index in [-0.39, 0.29) is 11.7 Å². The average Bonchev–Trinajstić information content (AvgIpc) is 3.43. The summed E-state index contributed by atoms with van der Waals surface area (Å²) in [5.41, 5.74) is 5.01. The molecule has 7 heteroatoms. The Labute approximate surface area is 198 Å². The average molecular weight is 473 g/mol. The minimum atomic E-state index is -3.52. The van der Waals surface area contributed by atoms with E-state index < -0.39 is 10.0 Å². The third-order valence-corrected chi connectivity index (χ3v) is 9.01. The molecule has 3 aromatic rings. The van der Waals surface area contributed by atoms with Gasteiger partial charge in [0.25, 0.3) is 5.91 Å². The van der Waals surface area contributed by atoms with Gasteiger partial charge in [-0.15, -0.1) is 0 Å². The molecule has 3 aromatic carbocycles. The summed E-state index contributed by atoms with van der Waals surface area (Å²) in [6.45, 7) is 1.60. The highest BCUT2D eigenvalue weighted by molar-refractivity contribution is 7.89. The smallest absolute Gasteiger partial charge is 0.258 e. The normalized spacial score (nSPS) is 17.4. The summed E-state index contributed by atoms with van der Waals surface area (Å²) in [4.78, 5) is 28.2. The van der Waals surface area contributed by atoms with Crippen LogP contribution in [0.2, 0.25) is 0 Å². The molecule has 1 amide bonds. The van der Waals surface area contributed by atoms with Crippen molar-refractivity contribution in [3.8, 4) is 11.1 Å². The van der Waals surface area contributed by atoms with Crippen molar-refractivity contribution in [3.05, 3.63) is 82.9 Å². The van der Waals surface area contributed by atoms with Gasteiger partial charge in [-0.3, -0.25) is 9.59 Å². The molecule has 2 heterocycles. The zero-order chi connectivity index (χ0) is 23.4. The van der Waals surface area contributed by atoms with Gasteiger partial charge in [0.1, 0.15) is 0 Å². The van der Waals surface area contributed by atoms with Crippen molar-refractivity contribution >= 4 is 27.4 Å². The molecule has 0 aromatic heterocycles. The van der Waals surface area contributed by atoms with Gasteiger partial charge >= 0.3 is 0 Å². The minimum absolute atomic E-state index is 0.0605. The fourth-order valence-electron chi connectivity index (χ4n) is 5.32. The van der Waals surface area contributed by atoms with E-state index in [9.17, 15) is 18.0 Å². The number of piperidine rings is 1. The number of nitrogens with zero attached hydrogens (tertiary/aromatic N) is 2. The lowest BCUT2D eigenvalue weighted by molar-refractivity contribution is 0.0989. The molecule has 1 saturated heterocycles. The van der Waals surface area contributed by atoms with E-state index in [1.807, 2.05) is 30.3 Å². The third-order valence-electron chi connectivity index (χ3n) is 7.12. The van der Waals surface area contributed by atoms with Crippen molar-refractivity contribution < 1.29 is 18.0 Å². The van der Waals surface area contributed by atoms with Crippen LogP contribution in [0.1, 0.15) is 51.1 Å². The number of amides is 1.